The van der Waals surface area contributed by atoms with Crippen molar-refractivity contribution in [3.63, 3.8) is 0 Å². The summed E-state index contributed by atoms with van der Waals surface area (Å²) < 4.78 is 16.2. The third-order valence-corrected chi connectivity index (χ3v) is 5.60. The van der Waals surface area contributed by atoms with Gasteiger partial charge in [0.05, 0.1) is 39.6 Å². The number of aryl methyl sites for hydroxylation is 1. The largest absolute Gasteiger partial charge is 0.493 e. The summed E-state index contributed by atoms with van der Waals surface area (Å²) in [6.45, 7) is 4.38. The smallest absolute Gasteiger partial charge is 0.278 e. The molecule has 2 aromatic carbocycles. The first-order valence-electron chi connectivity index (χ1n) is 10.2. The second-order valence-electron chi connectivity index (χ2n) is 7.57. The van der Waals surface area contributed by atoms with Crippen LogP contribution in [0.2, 0.25) is 0 Å². The number of imide groups is 1. The number of benzene rings is 2. The van der Waals surface area contributed by atoms with E-state index in [0.29, 0.717) is 54.6 Å². The number of carbonyl (C=O) groups is 2. The third kappa shape index (κ3) is 4.01. The summed E-state index contributed by atoms with van der Waals surface area (Å²) in [5, 5.41) is 0. The summed E-state index contributed by atoms with van der Waals surface area (Å²) >= 11 is 0. The van der Waals surface area contributed by atoms with Gasteiger partial charge in [0.15, 0.2) is 11.5 Å². The van der Waals surface area contributed by atoms with E-state index in [-0.39, 0.29) is 18.4 Å². The molecule has 0 radical (unpaired) electrons. The topological polar surface area (TPSA) is 68.3 Å². The Morgan fingerprint density at radius 3 is 2.23 bits per heavy atom. The maximum atomic E-state index is 13.5. The number of hydrogen-bond acceptors (Lipinski definition) is 6. The molecule has 7 nitrogen and oxygen atoms in total. The predicted octanol–water partition coefficient (Wildman–Crippen LogP) is 2.62. The number of morpholine rings is 1. The van der Waals surface area contributed by atoms with Gasteiger partial charge in [0.1, 0.15) is 5.70 Å². The maximum absolute atomic E-state index is 13.5. The van der Waals surface area contributed by atoms with Crippen LogP contribution in [0.5, 0.6) is 11.5 Å². The second-order valence-corrected chi connectivity index (χ2v) is 7.57. The van der Waals surface area contributed by atoms with Crippen molar-refractivity contribution in [2.45, 2.75) is 13.5 Å². The minimum absolute atomic E-state index is 0.225. The molecule has 162 valence electrons. The Hall–Kier alpha value is -3.32. The van der Waals surface area contributed by atoms with Crippen molar-refractivity contribution in [1.29, 1.82) is 0 Å². The molecule has 31 heavy (non-hydrogen) atoms. The molecule has 0 saturated carbocycles. The standard InChI is InChI=1S/C24H26N2O5/c1-16-4-6-17(7-5-16)15-26-23(27)21(18-8-9-19(29-2)20(14-18)30-3)22(24(26)28)25-10-12-31-13-11-25/h4-9,14H,10-13,15H2,1-3H3. The summed E-state index contributed by atoms with van der Waals surface area (Å²) in [5.41, 5.74) is 3.47. The fourth-order valence-electron chi connectivity index (χ4n) is 3.92. The zero-order valence-corrected chi connectivity index (χ0v) is 18.0. The molecular formula is C24H26N2O5. The van der Waals surface area contributed by atoms with E-state index < -0.39 is 0 Å². The summed E-state index contributed by atoms with van der Waals surface area (Å²) in [7, 11) is 3.10. The first-order chi connectivity index (χ1) is 15.0. The highest BCUT2D eigenvalue weighted by Gasteiger charge is 2.42. The quantitative estimate of drug-likeness (QED) is 0.667. The van der Waals surface area contributed by atoms with Gasteiger partial charge in [-0.1, -0.05) is 35.9 Å². The van der Waals surface area contributed by atoms with Gasteiger partial charge < -0.3 is 19.1 Å². The molecule has 0 unspecified atom stereocenters. The highest BCUT2D eigenvalue weighted by Crippen LogP contribution is 2.37. The minimum Gasteiger partial charge on any atom is -0.493 e. The Balaban J connectivity index is 1.75. The Morgan fingerprint density at radius 2 is 1.58 bits per heavy atom. The van der Waals surface area contributed by atoms with Crippen LogP contribution in [0.15, 0.2) is 48.2 Å². The van der Waals surface area contributed by atoms with E-state index in [1.807, 2.05) is 36.1 Å². The second kappa shape index (κ2) is 8.81. The Morgan fingerprint density at radius 1 is 0.903 bits per heavy atom. The molecule has 1 saturated heterocycles. The van der Waals surface area contributed by atoms with Crippen LogP contribution in [-0.4, -0.2) is 62.1 Å². The Bertz CT molecular complexity index is 1020. The van der Waals surface area contributed by atoms with Crippen LogP contribution in [0.1, 0.15) is 16.7 Å². The lowest BCUT2D eigenvalue weighted by Gasteiger charge is -2.29. The van der Waals surface area contributed by atoms with Gasteiger partial charge in [0, 0.05) is 13.1 Å². The van der Waals surface area contributed by atoms with E-state index in [4.69, 9.17) is 14.2 Å². The molecule has 2 aliphatic rings. The van der Waals surface area contributed by atoms with Gasteiger partial charge in [-0.2, -0.15) is 0 Å². The number of rotatable bonds is 6. The van der Waals surface area contributed by atoms with Crippen molar-refractivity contribution in [3.05, 3.63) is 64.9 Å². The molecular weight excluding hydrogens is 396 g/mol. The van der Waals surface area contributed by atoms with E-state index in [9.17, 15) is 9.59 Å². The summed E-state index contributed by atoms with van der Waals surface area (Å²) in [6, 6.07) is 13.1. The monoisotopic (exact) mass is 422 g/mol. The number of methoxy groups -OCH3 is 2. The highest BCUT2D eigenvalue weighted by atomic mass is 16.5. The normalized spacial score (nSPS) is 16.9. The average Bonchev–Trinajstić information content (AvgIpc) is 3.05. The zero-order valence-electron chi connectivity index (χ0n) is 18.0. The zero-order chi connectivity index (χ0) is 22.0. The molecule has 2 amide bonds. The fraction of sp³-hybridized carbons (Fsp3) is 0.333. The van der Waals surface area contributed by atoms with Crippen LogP contribution in [-0.2, 0) is 20.9 Å². The van der Waals surface area contributed by atoms with E-state index in [0.717, 1.165) is 11.1 Å². The Kier molecular flexibility index (Phi) is 5.95. The fourth-order valence-corrected chi connectivity index (χ4v) is 3.92. The van der Waals surface area contributed by atoms with Crippen molar-refractivity contribution in [1.82, 2.24) is 9.80 Å². The van der Waals surface area contributed by atoms with E-state index >= 15 is 0 Å². The van der Waals surface area contributed by atoms with Gasteiger partial charge in [-0.15, -0.1) is 0 Å². The molecule has 2 aliphatic heterocycles. The molecule has 0 spiro atoms. The number of carbonyl (C=O) groups excluding carboxylic acids is 2. The number of ether oxygens (including phenoxy) is 3. The SMILES string of the molecule is COc1ccc(C2=C(N3CCOCC3)C(=O)N(Cc3ccc(C)cc3)C2=O)cc1OC. The van der Waals surface area contributed by atoms with Crippen molar-refractivity contribution < 1.29 is 23.8 Å². The molecule has 1 fully saturated rings. The third-order valence-electron chi connectivity index (χ3n) is 5.60. The average molecular weight is 422 g/mol. The van der Waals surface area contributed by atoms with Gasteiger partial charge in [-0.05, 0) is 30.2 Å². The number of nitrogens with zero attached hydrogens (tertiary/aromatic N) is 2. The Labute approximate surface area is 181 Å². The van der Waals surface area contributed by atoms with Crippen LogP contribution >= 0.6 is 0 Å². The molecule has 0 aromatic heterocycles. The van der Waals surface area contributed by atoms with Gasteiger partial charge in [-0.25, -0.2) is 0 Å². The van der Waals surface area contributed by atoms with Crippen LogP contribution in [0.25, 0.3) is 5.57 Å². The lowest BCUT2D eigenvalue weighted by molar-refractivity contribution is -0.138. The predicted molar refractivity (Wildman–Crippen MR) is 116 cm³/mol. The first-order valence-corrected chi connectivity index (χ1v) is 10.2. The summed E-state index contributed by atoms with van der Waals surface area (Å²) in [6.07, 6.45) is 0. The minimum atomic E-state index is -0.306. The van der Waals surface area contributed by atoms with Gasteiger partial charge in [0.25, 0.3) is 11.8 Å². The lowest BCUT2D eigenvalue weighted by Crippen LogP contribution is -2.40. The molecule has 0 N–H and O–H groups in total. The molecule has 0 atom stereocenters. The van der Waals surface area contributed by atoms with Crippen molar-refractivity contribution in [3.8, 4) is 11.5 Å². The summed E-state index contributed by atoms with van der Waals surface area (Å²) in [4.78, 5) is 30.2. The highest BCUT2D eigenvalue weighted by molar-refractivity contribution is 6.35. The molecule has 7 heteroatoms. The van der Waals surface area contributed by atoms with Crippen LogP contribution in [0, 0.1) is 6.92 Å². The van der Waals surface area contributed by atoms with E-state index in [1.165, 1.54) is 4.90 Å². The van der Waals surface area contributed by atoms with Crippen molar-refractivity contribution in [2.75, 3.05) is 40.5 Å². The van der Waals surface area contributed by atoms with Crippen molar-refractivity contribution in [2.24, 2.45) is 0 Å². The number of amides is 2. The van der Waals surface area contributed by atoms with Gasteiger partial charge >= 0.3 is 0 Å². The summed E-state index contributed by atoms with van der Waals surface area (Å²) in [5.74, 6) is 0.482. The van der Waals surface area contributed by atoms with Crippen LogP contribution in [0.4, 0.5) is 0 Å². The van der Waals surface area contributed by atoms with Gasteiger partial charge in [-0.3, -0.25) is 14.5 Å². The van der Waals surface area contributed by atoms with Gasteiger partial charge in [0.2, 0.25) is 0 Å². The molecule has 2 aromatic rings. The lowest BCUT2D eigenvalue weighted by atomic mass is 10.0. The van der Waals surface area contributed by atoms with Crippen molar-refractivity contribution >= 4 is 17.4 Å². The molecule has 2 heterocycles. The van der Waals surface area contributed by atoms with Crippen LogP contribution in [0.3, 0.4) is 0 Å². The van der Waals surface area contributed by atoms with E-state index in [1.54, 1.807) is 32.4 Å². The first kappa shape index (κ1) is 20.9. The van der Waals surface area contributed by atoms with E-state index in [2.05, 4.69) is 0 Å². The molecule has 0 aliphatic carbocycles. The maximum Gasteiger partial charge on any atom is 0.278 e. The van der Waals surface area contributed by atoms with Crippen LogP contribution < -0.4 is 9.47 Å². The molecule has 0 bridgehead atoms. The molecule has 4 rings (SSSR count). The number of hydrogen-bond donors (Lipinski definition) is 0.